The second-order valence-electron chi connectivity index (χ2n) is 7.83. The molecule has 0 aliphatic carbocycles. The molecule has 31 heavy (non-hydrogen) atoms. The van der Waals surface area contributed by atoms with Crippen molar-refractivity contribution in [2.45, 2.75) is 25.4 Å². The minimum Gasteiger partial charge on any atom is -0.350 e. The van der Waals surface area contributed by atoms with Gasteiger partial charge >= 0.3 is 6.03 Å². The average Bonchev–Trinajstić information content (AvgIpc) is 3.41. The Morgan fingerprint density at radius 3 is 2.42 bits per heavy atom. The fraction of sp³-hybridized carbons (Fsp3) is 0.348. The van der Waals surface area contributed by atoms with Crippen molar-refractivity contribution in [1.82, 2.24) is 20.4 Å². The maximum absolute atomic E-state index is 12.7. The number of nitrogens with one attached hydrogen (secondary N) is 2. The molecule has 2 aliphatic heterocycles. The quantitative estimate of drug-likeness (QED) is 0.648. The van der Waals surface area contributed by atoms with Crippen LogP contribution in [0.5, 0.6) is 0 Å². The number of hydrogen-bond acceptors (Lipinski definition) is 4. The minimum atomic E-state index is -0.389. The largest absolute Gasteiger partial charge is 0.350 e. The first kappa shape index (κ1) is 21.3. The van der Waals surface area contributed by atoms with E-state index in [1.54, 1.807) is 24.3 Å². The van der Waals surface area contributed by atoms with Gasteiger partial charge in [0.25, 0.3) is 5.91 Å². The zero-order valence-electron chi connectivity index (χ0n) is 17.1. The summed E-state index contributed by atoms with van der Waals surface area (Å²) in [7, 11) is 0. The first-order chi connectivity index (χ1) is 15.0. The molecule has 4 amide bonds. The van der Waals surface area contributed by atoms with Crippen LogP contribution in [0.4, 0.5) is 4.79 Å². The highest BCUT2D eigenvalue weighted by atomic mass is 35.5. The highest BCUT2D eigenvalue weighted by Crippen LogP contribution is 2.29. The van der Waals surface area contributed by atoms with E-state index in [2.05, 4.69) is 15.5 Å². The Bertz CT molecular complexity index is 957. The van der Waals surface area contributed by atoms with Gasteiger partial charge in [-0.2, -0.15) is 0 Å². The summed E-state index contributed by atoms with van der Waals surface area (Å²) >= 11 is 6.44. The Morgan fingerprint density at radius 1 is 1.06 bits per heavy atom. The monoisotopic (exact) mass is 440 g/mol. The van der Waals surface area contributed by atoms with E-state index < -0.39 is 0 Å². The molecule has 2 saturated heterocycles. The summed E-state index contributed by atoms with van der Waals surface area (Å²) in [4.78, 5) is 39.7. The molecule has 0 spiro atoms. The standard InChI is InChI=1S/C23H25ClN4O3/c24-19-6-2-1-5-18(19)20(27-11-3-4-12-27)13-25-22(30)17-9-7-16(8-10-17)15-28-21(29)14-26-23(28)31/h1-2,5-10,20H,3-4,11-15H2,(H,25,30)(H,26,31)/t20-/m0/s1. The molecule has 162 valence electrons. The molecule has 0 aromatic heterocycles. The maximum atomic E-state index is 12.7. The number of nitrogens with zero attached hydrogens (tertiary/aromatic N) is 2. The van der Waals surface area contributed by atoms with Gasteiger partial charge in [-0.15, -0.1) is 0 Å². The number of likely N-dealkylation sites (tertiary alicyclic amines) is 1. The molecule has 1 atom stereocenters. The lowest BCUT2D eigenvalue weighted by molar-refractivity contribution is -0.125. The fourth-order valence-corrected chi connectivity index (χ4v) is 4.35. The number of rotatable bonds is 7. The lowest BCUT2D eigenvalue weighted by Crippen LogP contribution is -2.37. The van der Waals surface area contributed by atoms with Crippen LogP contribution in [-0.2, 0) is 11.3 Å². The Kier molecular flexibility index (Phi) is 6.53. The third-order valence-electron chi connectivity index (χ3n) is 5.80. The summed E-state index contributed by atoms with van der Waals surface area (Å²) in [5.41, 5.74) is 2.34. The molecule has 2 N–H and O–H groups in total. The van der Waals surface area contributed by atoms with Gasteiger partial charge in [-0.25, -0.2) is 4.79 Å². The van der Waals surface area contributed by atoms with Crippen molar-refractivity contribution in [1.29, 1.82) is 0 Å². The summed E-state index contributed by atoms with van der Waals surface area (Å²) < 4.78 is 0. The van der Waals surface area contributed by atoms with Gasteiger partial charge in [0.1, 0.15) is 0 Å². The van der Waals surface area contributed by atoms with Crippen LogP contribution < -0.4 is 10.6 Å². The number of carbonyl (C=O) groups excluding carboxylic acids is 3. The number of imide groups is 1. The summed E-state index contributed by atoms with van der Waals surface area (Å²) in [6, 6.07) is 14.4. The molecule has 2 aromatic carbocycles. The molecule has 2 heterocycles. The lowest BCUT2D eigenvalue weighted by atomic mass is 10.0. The molecule has 0 radical (unpaired) electrons. The second kappa shape index (κ2) is 9.49. The zero-order chi connectivity index (χ0) is 21.8. The molecular formula is C23H25ClN4O3. The van der Waals surface area contributed by atoms with Gasteiger partial charge in [0, 0.05) is 17.1 Å². The summed E-state index contributed by atoms with van der Waals surface area (Å²) in [6.07, 6.45) is 2.29. The first-order valence-electron chi connectivity index (χ1n) is 10.5. The third kappa shape index (κ3) is 4.89. The lowest BCUT2D eigenvalue weighted by Gasteiger charge is -2.29. The smallest absolute Gasteiger partial charge is 0.324 e. The average molecular weight is 441 g/mol. The van der Waals surface area contributed by atoms with Crippen LogP contribution in [0, 0.1) is 0 Å². The minimum absolute atomic E-state index is 0.0270. The van der Waals surface area contributed by atoms with Crippen molar-refractivity contribution < 1.29 is 14.4 Å². The van der Waals surface area contributed by atoms with Crippen molar-refractivity contribution >= 4 is 29.4 Å². The third-order valence-corrected chi connectivity index (χ3v) is 6.14. The highest BCUT2D eigenvalue weighted by Gasteiger charge is 2.28. The molecule has 0 bridgehead atoms. The zero-order valence-corrected chi connectivity index (χ0v) is 17.9. The Labute approximate surface area is 186 Å². The Balaban J connectivity index is 1.40. The van der Waals surface area contributed by atoms with Crippen molar-refractivity contribution in [3.63, 3.8) is 0 Å². The van der Waals surface area contributed by atoms with Gasteiger partial charge < -0.3 is 10.6 Å². The van der Waals surface area contributed by atoms with Crippen LogP contribution in [0.25, 0.3) is 0 Å². The number of urea groups is 1. The van der Waals surface area contributed by atoms with Gasteiger partial charge in [-0.1, -0.05) is 41.9 Å². The number of hydrogen-bond donors (Lipinski definition) is 2. The van der Waals surface area contributed by atoms with Gasteiger partial charge in [0.15, 0.2) is 0 Å². The van der Waals surface area contributed by atoms with E-state index in [1.807, 2.05) is 24.3 Å². The van der Waals surface area contributed by atoms with Crippen molar-refractivity contribution in [3.8, 4) is 0 Å². The van der Waals surface area contributed by atoms with Crippen LogP contribution in [0.15, 0.2) is 48.5 Å². The van der Waals surface area contributed by atoms with E-state index in [9.17, 15) is 14.4 Å². The Morgan fingerprint density at radius 2 is 1.77 bits per heavy atom. The van der Waals surface area contributed by atoms with Gasteiger partial charge in [0.05, 0.1) is 19.1 Å². The van der Waals surface area contributed by atoms with E-state index in [4.69, 9.17) is 11.6 Å². The molecule has 4 rings (SSSR count). The van der Waals surface area contributed by atoms with Crippen LogP contribution in [-0.4, -0.2) is 53.8 Å². The molecule has 2 aliphatic rings. The molecule has 2 fully saturated rings. The number of carbonyl (C=O) groups is 3. The normalized spacial score (nSPS) is 17.6. The van der Waals surface area contributed by atoms with Crippen LogP contribution in [0.3, 0.4) is 0 Å². The van der Waals surface area contributed by atoms with Gasteiger partial charge in [0.2, 0.25) is 5.91 Å². The molecule has 2 aromatic rings. The fourth-order valence-electron chi connectivity index (χ4n) is 4.09. The molecule has 7 nitrogen and oxygen atoms in total. The van der Waals surface area contributed by atoms with E-state index in [0.29, 0.717) is 17.1 Å². The predicted molar refractivity (Wildman–Crippen MR) is 118 cm³/mol. The topological polar surface area (TPSA) is 81.8 Å². The van der Waals surface area contributed by atoms with E-state index in [1.165, 1.54) is 4.90 Å². The molecule has 8 heteroatoms. The molecule has 0 saturated carbocycles. The highest BCUT2D eigenvalue weighted by molar-refractivity contribution is 6.31. The van der Waals surface area contributed by atoms with Crippen molar-refractivity contribution in [2.75, 3.05) is 26.2 Å². The van der Waals surface area contributed by atoms with Crippen molar-refractivity contribution in [2.24, 2.45) is 0 Å². The van der Waals surface area contributed by atoms with E-state index >= 15 is 0 Å². The second-order valence-corrected chi connectivity index (χ2v) is 8.23. The van der Waals surface area contributed by atoms with Crippen LogP contribution in [0.2, 0.25) is 5.02 Å². The van der Waals surface area contributed by atoms with Crippen LogP contribution >= 0.6 is 11.6 Å². The summed E-state index contributed by atoms with van der Waals surface area (Å²) in [5, 5.41) is 6.24. The summed E-state index contributed by atoms with van der Waals surface area (Å²) in [5.74, 6) is -0.419. The van der Waals surface area contributed by atoms with Crippen molar-refractivity contribution in [3.05, 3.63) is 70.2 Å². The number of benzene rings is 2. The SMILES string of the molecule is O=C(NC[C@@H](c1ccccc1Cl)N1CCCC1)c1ccc(CN2C(=O)CNC2=O)cc1. The van der Waals surface area contributed by atoms with E-state index in [-0.39, 0.29) is 37.0 Å². The number of halogens is 1. The maximum Gasteiger partial charge on any atom is 0.324 e. The Hall–Kier alpha value is -2.90. The van der Waals surface area contributed by atoms with Gasteiger partial charge in [-0.3, -0.25) is 19.4 Å². The van der Waals surface area contributed by atoms with Crippen LogP contribution in [0.1, 0.15) is 40.4 Å². The molecule has 0 unspecified atom stereocenters. The van der Waals surface area contributed by atoms with E-state index in [0.717, 1.165) is 37.1 Å². The predicted octanol–water partition coefficient (Wildman–Crippen LogP) is 2.96. The first-order valence-corrected chi connectivity index (χ1v) is 10.8. The number of amides is 4. The van der Waals surface area contributed by atoms with Gasteiger partial charge in [-0.05, 0) is 55.3 Å². The molecular weight excluding hydrogens is 416 g/mol. The summed E-state index contributed by atoms with van der Waals surface area (Å²) in [6.45, 7) is 2.67.